The Bertz CT molecular complexity index is 416. The third-order valence-corrected chi connectivity index (χ3v) is 3.52. The second-order valence-electron chi connectivity index (χ2n) is 4.84. The Balaban J connectivity index is 1.81. The van der Waals surface area contributed by atoms with Crippen LogP contribution in [0.2, 0.25) is 0 Å². The molecule has 2 N–H and O–H groups in total. The highest BCUT2D eigenvalue weighted by Crippen LogP contribution is 2.02. The molecule has 1 aliphatic rings. The van der Waals surface area contributed by atoms with Crippen LogP contribution in [0.1, 0.15) is 12.5 Å². The molecule has 1 aliphatic heterocycles. The molecular formula is C14H20FN2O2+. The lowest BCUT2D eigenvalue weighted by atomic mass is 10.2. The monoisotopic (exact) mass is 267 g/mol. The van der Waals surface area contributed by atoms with E-state index in [1.54, 1.807) is 12.1 Å². The van der Waals surface area contributed by atoms with Crippen LogP contribution >= 0.6 is 0 Å². The fourth-order valence-corrected chi connectivity index (χ4v) is 2.20. The molecule has 1 amide bonds. The molecule has 0 spiro atoms. The number of carbonyl (C=O) groups excluding carboxylic acids is 1. The van der Waals surface area contributed by atoms with Crippen molar-refractivity contribution in [2.45, 2.75) is 19.5 Å². The number of nitrogens with one attached hydrogen (secondary N) is 2. The molecular weight excluding hydrogens is 247 g/mol. The highest BCUT2D eigenvalue weighted by Gasteiger charge is 2.26. The van der Waals surface area contributed by atoms with Crippen molar-refractivity contribution in [3.05, 3.63) is 35.6 Å². The van der Waals surface area contributed by atoms with E-state index < -0.39 is 0 Å². The highest BCUT2D eigenvalue weighted by atomic mass is 19.1. The maximum absolute atomic E-state index is 12.8. The first-order valence-electron chi connectivity index (χ1n) is 6.61. The number of quaternary nitrogens is 1. The summed E-state index contributed by atoms with van der Waals surface area (Å²) in [4.78, 5) is 13.3. The molecule has 1 aromatic carbocycles. The standard InChI is InChI=1S/C14H19FN2O2/c1-11(17-6-8-19-9-7-17)14(18)16-10-12-2-4-13(15)5-3-12/h2-5,11H,6-10H2,1H3,(H,16,18)/p+1/t11-/m0/s1. The van der Waals surface area contributed by atoms with Gasteiger partial charge in [0.15, 0.2) is 6.04 Å². The Morgan fingerprint density at radius 1 is 1.37 bits per heavy atom. The maximum Gasteiger partial charge on any atom is 0.278 e. The number of amides is 1. The smallest absolute Gasteiger partial charge is 0.278 e. The average molecular weight is 267 g/mol. The van der Waals surface area contributed by atoms with Crippen molar-refractivity contribution in [2.75, 3.05) is 26.3 Å². The molecule has 0 aromatic heterocycles. The molecule has 1 atom stereocenters. The Kier molecular flexibility index (Phi) is 4.87. The van der Waals surface area contributed by atoms with E-state index in [2.05, 4.69) is 5.32 Å². The van der Waals surface area contributed by atoms with E-state index in [1.165, 1.54) is 17.0 Å². The number of hydrogen-bond donors (Lipinski definition) is 2. The summed E-state index contributed by atoms with van der Waals surface area (Å²) in [5.41, 5.74) is 0.902. The zero-order valence-electron chi connectivity index (χ0n) is 11.1. The largest absolute Gasteiger partial charge is 0.370 e. The molecule has 4 nitrogen and oxygen atoms in total. The van der Waals surface area contributed by atoms with Gasteiger partial charge >= 0.3 is 0 Å². The minimum atomic E-state index is -0.263. The van der Waals surface area contributed by atoms with E-state index >= 15 is 0 Å². The molecule has 19 heavy (non-hydrogen) atoms. The first-order valence-corrected chi connectivity index (χ1v) is 6.61. The summed E-state index contributed by atoms with van der Waals surface area (Å²) < 4.78 is 18.0. The van der Waals surface area contributed by atoms with Crippen molar-refractivity contribution in [3.63, 3.8) is 0 Å². The van der Waals surface area contributed by atoms with Crippen molar-refractivity contribution >= 4 is 5.91 Å². The molecule has 2 rings (SSSR count). The number of ether oxygens (including phenoxy) is 1. The zero-order chi connectivity index (χ0) is 13.7. The Morgan fingerprint density at radius 2 is 2.00 bits per heavy atom. The minimum Gasteiger partial charge on any atom is -0.370 e. The van der Waals surface area contributed by atoms with Crippen LogP contribution in [0.3, 0.4) is 0 Å². The highest BCUT2D eigenvalue weighted by molar-refractivity contribution is 5.79. The van der Waals surface area contributed by atoms with Gasteiger partial charge in [0.25, 0.3) is 5.91 Å². The third-order valence-electron chi connectivity index (χ3n) is 3.52. The summed E-state index contributed by atoms with van der Waals surface area (Å²) >= 11 is 0. The molecule has 1 aromatic rings. The number of morpholine rings is 1. The van der Waals surface area contributed by atoms with Crippen molar-refractivity contribution in [1.29, 1.82) is 0 Å². The van der Waals surface area contributed by atoms with E-state index in [1.807, 2.05) is 6.92 Å². The lowest BCUT2D eigenvalue weighted by Crippen LogP contribution is -3.18. The van der Waals surface area contributed by atoms with E-state index in [9.17, 15) is 9.18 Å². The fourth-order valence-electron chi connectivity index (χ4n) is 2.20. The van der Waals surface area contributed by atoms with Crippen LogP contribution in [-0.4, -0.2) is 38.3 Å². The molecule has 0 unspecified atom stereocenters. The molecule has 0 radical (unpaired) electrons. The molecule has 104 valence electrons. The van der Waals surface area contributed by atoms with Gasteiger partial charge in [0.2, 0.25) is 0 Å². The summed E-state index contributed by atoms with van der Waals surface area (Å²) in [7, 11) is 0. The van der Waals surface area contributed by atoms with Crippen molar-refractivity contribution in [3.8, 4) is 0 Å². The van der Waals surface area contributed by atoms with Gasteiger partial charge in [-0.25, -0.2) is 4.39 Å². The topological polar surface area (TPSA) is 42.8 Å². The molecule has 1 heterocycles. The number of carbonyl (C=O) groups is 1. The van der Waals surface area contributed by atoms with Gasteiger partial charge in [-0.05, 0) is 24.6 Å². The Morgan fingerprint density at radius 3 is 2.63 bits per heavy atom. The predicted molar refractivity (Wildman–Crippen MR) is 69.2 cm³/mol. The van der Waals surface area contributed by atoms with Gasteiger partial charge in [0.1, 0.15) is 18.9 Å². The summed E-state index contributed by atoms with van der Waals surface area (Å²) in [5, 5.41) is 2.89. The van der Waals surface area contributed by atoms with Crippen molar-refractivity contribution in [1.82, 2.24) is 5.32 Å². The van der Waals surface area contributed by atoms with E-state index in [0.29, 0.717) is 19.8 Å². The van der Waals surface area contributed by atoms with Crippen LogP contribution < -0.4 is 10.2 Å². The lowest BCUT2D eigenvalue weighted by Gasteiger charge is -2.28. The second-order valence-corrected chi connectivity index (χ2v) is 4.84. The Labute approximate surface area is 112 Å². The van der Waals surface area contributed by atoms with Crippen LogP contribution in [-0.2, 0) is 16.1 Å². The summed E-state index contributed by atoms with van der Waals surface area (Å²) in [5.74, 6) is -0.234. The molecule has 1 saturated heterocycles. The van der Waals surface area contributed by atoms with Gasteiger partial charge in [-0.1, -0.05) is 12.1 Å². The van der Waals surface area contributed by atoms with E-state index in [-0.39, 0.29) is 17.8 Å². The molecule has 5 heteroatoms. The fraction of sp³-hybridized carbons (Fsp3) is 0.500. The van der Waals surface area contributed by atoms with Crippen molar-refractivity contribution < 1.29 is 18.8 Å². The predicted octanol–water partition coefficient (Wildman–Crippen LogP) is -0.254. The van der Waals surface area contributed by atoms with Crippen molar-refractivity contribution in [2.24, 2.45) is 0 Å². The molecule has 0 saturated carbocycles. The molecule has 0 bridgehead atoms. The summed E-state index contributed by atoms with van der Waals surface area (Å²) in [6.07, 6.45) is 0. The van der Waals surface area contributed by atoms with E-state index in [0.717, 1.165) is 18.7 Å². The number of benzene rings is 1. The SMILES string of the molecule is C[C@@H](C(=O)NCc1ccc(F)cc1)[NH+]1CCOCC1. The summed E-state index contributed by atoms with van der Waals surface area (Å²) in [6, 6.07) is 6.09. The number of hydrogen-bond acceptors (Lipinski definition) is 2. The molecule has 1 fully saturated rings. The second kappa shape index (κ2) is 6.63. The van der Waals surface area contributed by atoms with Crippen LogP contribution in [0.4, 0.5) is 4.39 Å². The normalized spacial score (nSPS) is 18.0. The van der Waals surface area contributed by atoms with E-state index in [4.69, 9.17) is 4.74 Å². The van der Waals surface area contributed by atoms with Crippen LogP contribution in [0.15, 0.2) is 24.3 Å². The zero-order valence-corrected chi connectivity index (χ0v) is 11.1. The Hall–Kier alpha value is -1.46. The van der Waals surface area contributed by atoms with Gasteiger partial charge in [0.05, 0.1) is 13.2 Å². The van der Waals surface area contributed by atoms with Gasteiger partial charge < -0.3 is 15.0 Å². The van der Waals surface area contributed by atoms with Crippen LogP contribution in [0, 0.1) is 5.82 Å². The first kappa shape index (κ1) is 14.0. The van der Waals surface area contributed by atoms with Gasteiger partial charge in [0, 0.05) is 6.54 Å². The van der Waals surface area contributed by atoms with Gasteiger partial charge in [-0.3, -0.25) is 4.79 Å². The lowest BCUT2D eigenvalue weighted by molar-refractivity contribution is -0.921. The molecule has 0 aliphatic carbocycles. The quantitative estimate of drug-likeness (QED) is 0.790. The maximum atomic E-state index is 12.8. The number of rotatable bonds is 4. The van der Waals surface area contributed by atoms with Crippen LogP contribution in [0.25, 0.3) is 0 Å². The van der Waals surface area contributed by atoms with Gasteiger partial charge in [-0.2, -0.15) is 0 Å². The third kappa shape index (κ3) is 4.01. The summed E-state index contributed by atoms with van der Waals surface area (Å²) in [6.45, 7) is 5.53. The van der Waals surface area contributed by atoms with Crippen LogP contribution in [0.5, 0.6) is 0 Å². The first-order chi connectivity index (χ1) is 9.16. The van der Waals surface area contributed by atoms with Gasteiger partial charge in [-0.15, -0.1) is 0 Å². The minimum absolute atomic E-state index is 0.0289. The average Bonchev–Trinajstić information content (AvgIpc) is 2.46. The number of halogens is 1.